The minimum absolute atomic E-state index is 0.0305. The molecule has 102 valence electrons. The maximum atomic E-state index is 13.9. The average molecular weight is 347 g/mol. The van der Waals surface area contributed by atoms with E-state index in [4.69, 9.17) is 5.84 Å². The standard InChI is InChI=1S/C13H13BrF2N2S/c1-7-5-19-6-9(7)12(18-17)4-8-11(15)3-2-10(14)13(8)16/h2-3,5-6,12,18H,4,17H2,1H3. The number of nitrogens with one attached hydrogen (secondary N) is 1. The van der Waals surface area contributed by atoms with Crippen LogP contribution in [0, 0.1) is 18.6 Å². The van der Waals surface area contributed by atoms with Crippen molar-refractivity contribution < 1.29 is 8.78 Å². The van der Waals surface area contributed by atoms with Gasteiger partial charge < -0.3 is 0 Å². The summed E-state index contributed by atoms with van der Waals surface area (Å²) in [7, 11) is 0. The molecule has 0 aliphatic heterocycles. The maximum absolute atomic E-state index is 13.9. The van der Waals surface area contributed by atoms with E-state index in [9.17, 15) is 8.78 Å². The topological polar surface area (TPSA) is 38.0 Å². The molecule has 1 aromatic heterocycles. The number of hydrogen-bond acceptors (Lipinski definition) is 3. The lowest BCUT2D eigenvalue weighted by Gasteiger charge is -2.17. The molecule has 1 atom stereocenters. The van der Waals surface area contributed by atoms with Crippen molar-refractivity contribution in [3.8, 4) is 0 Å². The Morgan fingerprint density at radius 3 is 2.68 bits per heavy atom. The van der Waals surface area contributed by atoms with Gasteiger partial charge in [-0.3, -0.25) is 11.3 Å². The molecule has 2 nitrogen and oxygen atoms in total. The highest BCUT2D eigenvalue weighted by Gasteiger charge is 2.20. The molecule has 0 amide bonds. The van der Waals surface area contributed by atoms with Gasteiger partial charge in [0.05, 0.1) is 10.5 Å². The van der Waals surface area contributed by atoms with Gasteiger partial charge in [0.25, 0.3) is 0 Å². The Labute approximate surface area is 122 Å². The molecule has 2 rings (SSSR count). The first kappa shape index (κ1) is 14.6. The van der Waals surface area contributed by atoms with E-state index in [0.29, 0.717) is 0 Å². The fraction of sp³-hybridized carbons (Fsp3) is 0.231. The molecule has 1 aromatic carbocycles. The lowest BCUT2D eigenvalue weighted by molar-refractivity contribution is 0.497. The van der Waals surface area contributed by atoms with Gasteiger partial charge in [-0.1, -0.05) is 0 Å². The van der Waals surface area contributed by atoms with Crippen LogP contribution in [0.15, 0.2) is 27.4 Å². The van der Waals surface area contributed by atoms with Crippen molar-refractivity contribution in [3.05, 3.63) is 55.7 Å². The van der Waals surface area contributed by atoms with Gasteiger partial charge in [-0.2, -0.15) is 11.3 Å². The lowest BCUT2D eigenvalue weighted by Crippen LogP contribution is -2.30. The fourth-order valence-electron chi connectivity index (χ4n) is 1.95. The number of benzene rings is 1. The minimum atomic E-state index is -0.576. The highest BCUT2D eigenvalue weighted by molar-refractivity contribution is 9.10. The zero-order valence-electron chi connectivity index (χ0n) is 10.2. The molecule has 0 spiro atoms. The number of halogens is 3. The van der Waals surface area contributed by atoms with Crippen LogP contribution in [0.1, 0.15) is 22.7 Å². The van der Waals surface area contributed by atoms with Gasteiger partial charge in [0, 0.05) is 5.56 Å². The van der Waals surface area contributed by atoms with Gasteiger partial charge in [-0.05, 0) is 63.3 Å². The molecule has 0 bridgehead atoms. The summed E-state index contributed by atoms with van der Waals surface area (Å²) < 4.78 is 27.9. The molecule has 3 N–H and O–H groups in total. The second-order valence-electron chi connectivity index (χ2n) is 4.26. The van der Waals surface area contributed by atoms with Crippen LogP contribution in [-0.4, -0.2) is 0 Å². The number of thiophene rings is 1. The molecule has 0 fully saturated rings. The molecule has 0 saturated carbocycles. The molecule has 0 aliphatic rings. The van der Waals surface area contributed by atoms with Crippen LogP contribution in [0.5, 0.6) is 0 Å². The molecule has 19 heavy (non-hydrogen) atoms. The Kier molecular flexibility index (Phi) is 4.67. The Hall–Kier alpha value is -0.820. The molecule has 2 aromatic rings. The SMILES string of the molecule is Cc1cscc1C(Cc1c(F)ccc(Br)c1F)NN. The van der Waals surface area contributed by atoms with Gasteiger partial charge in [-0.15, -0.1) is 0 Å². The summed E-state index contributed by atoms with van der Waals surface area (Å²) in [4.78, 5) is 0. The largest absolute Gasteiger partial charge is 0.271 e. The maximum Gasteiger partial charge on any atom is 0.143 e. The molecule has 0 radical (unpaired) electrons. The zero-order chi connectivity index (χ0) is 14.0. The zero-order valence-corrected chi connectivity index (χ0v) is 12.6. The first-order chi connectivity index (χ1) is 9.04. The third-order valence-electron chi connectivity index (χ3n) is 3.02. The number of hydrazine groups is 1. The average Bonchev–Trinajstić information content (AvgIpc) is 2.81. The Morgan fingerprint density at radius 1 is 1.37 bits per heavy atom. The van der Waals surface area contributed by atoms with Gasteiger partial charge in [-0.25, -0.2) is 8.78 Å². The smallest absolute Gasteiger partial charge is 0.143 e. The van der Waals surface area contributed by atoms with Crippen molar-refractivity contribution in [2.45, 2.75) is 19.4 Å². The van der Waals surface area contributed by atoms with Crippen molar-refractivity contribution in [2.24, 2.45) is 5.84 Å². The summed E-state index contributed by atoms with van der Waals surface area (Å²) in [6, 6.07) is 2.29. The van der Waals surface area contributed by atoms with E-state index < -0.39 is 11.6 Å². The second-order valence-corrected chi connectivity index (χ2v) is 5.85. The lowest BCUT2D eigenvalue weighted by atomic mass is 9.98. The van der Waals surface area contributed by atoms with Gasteiger partial charge >= 0.3 is 0 Å². The number of rotatable bonds is 4. The van der Waals surface area contributed by atoms with Crippen LogP contribution < -0.4 is 11.3 Å². The van der Waals surface area contributed by atoms with Crippen LogP contribution in [-0.2, 0) is 6.42 Å². The third kappa shape index (κ3) is 3.02. The molecule has 6 heteroatoms. The Balaban J connectivity index is 2.34. The number of nitrogens with two attached hydrogens (primary N) is 1. The summed E-state index contributed by atoms with van der Waals surface area (Å²) in [5.74, 6) is 4.38. The molecular formula is C13H13BrF2N2S. The van der Waals surface area contributed by atoms with Crippen molar-refractivity contribution >= 4 is 27.3 Å². The van der Waals surface area contributed by atoms with Crippen LogP contribution in [0.3, 0.4) is 0 Å². The molecule has 1 heterocycles. The van der Waals surface area contributed by atoms with E-state index in [1.165, 1.54) is 23.5 Å². The number of aryl methyl sites for hydroxylation is 1. The van der Waals surface area contributed by atoms with Crippen LogP contribution >= 0.6 is 27.3 Å². The van der Waals surface area contributed by atoms with Crippen LogP contribution in [0.2, 0.25) is 0 Å². The Morgan fingerprint density at radius 2 is 2.11 bits per heavy atom. The van der Waals surface area contributed by atoms with Crippen molar-refractivity contribution in [2.75, 3.05) is 0 Å². The summed E-state index contributed by atoms with van der Waals surface area (Å²) in [5, 5.41) is 3.92. The van der Waals surface area contributed by atoms with Gasteiger partial charge in [0.1, 0.15) is 11.6 Å². The van der Waals surface area contributed by atoms with Crippen molar-refractivity contribution in [1.82, 2.24) is 5.43 Å². The predicted octanol–water partition coefficient (Wildman–Crippen LogP) is 3.84. The first-order valence-corrected chi connectivity index (χ1v) is 7.39. The predicted molar refractivity (Wildman–Crippen MR) is 76.9 cm³/mol. The van der Waals surface area contributed by atoms with E-state index in [-0.39, 0.29) is 22.5 Å². The van der Waals surface area contributed by atoms with Gasteiger partial charge in [0.15, 0.2) is 0 Å². The fourth-order valence-corrected chi connectivity index (χ4v) is 3.22. The quantitative estimate of drug-likeness (QED) is 0.501. The summed E-state index contributed by atoms with van der Waals surface area (Å²) >= 11 is 4.60. The number of hydrogen-bond donors (Lipinski definition) is 2. The molecule has 0 aliphatic carbocycles. The monoisotopic (exact) mass is 346 g/mol. The first-order valence-electron chi connectivity index (χ1n) is 5.65. The molecule has 1 unspecified atom stereocenters. The van der Waals surface area contributed by atoms with Crippen molar-refractivity contribution in [3.63, 3.8) is 0 Å². The summed E-state index contributed by atoms with van der Waals surface area (Å²) in [5.41, 5.74) is 4.68. The van der Waals surface area contributed by atoms with E-state index >= 15 is 0 Å². The van der Waals surface area contributed by atoms with E-state index in [1.54, 1.807) is 0 Å². The summed E-state index contributed by atoms with van der Waals surface area (Å²) in [6.45, 7) is 1.95. The van der Waals surface area contributed by atoms with Crippen molar-refractivity contribution in [1.29, 1.82) is 0 Å². The Bertz CT molecular complexity index is 586. The van der Waals surface area contributed by atoms with E-state index in [1.807, 2.05) is 17.7 Å². The molecular weight excluding hydrogens is 334 g/mol. The second kappa shape index (κ2) is 6.09. The highest BCUT2D eigenvalue weighted by Crippen LogP contribution is 2.28. The van der Waals surface area contributed by atoms with Gasteiger partial charge in [0.2, 0.25) is 0 Å². The van der Waals surface area contributed by atoms with E-state index in [0.717, 1.165) is 11.1 Å². The molecule has 0 saturated heterocycles. The van der Waals surface area contributed by atoms with E-state index in [2.05, 4.69) is 21.4 Å². The van der Waals surface area contributed by atoms with Crippen LogP contribution in [0.25, 0.3) is 0 Å². The summed E-state index contributed by atoms with van der Waals surface area (Å²) in [6.07, 6.45) is 0.158. The van der Waals surface area contributed by atoms with Crippen LogP contribution in [0.4, 0.5) is 8.78 Å². The third-order valence-corrected chi connectivity index (χ3v) is 4.51. The highest BCUT2D eigenvalue weighted by atomic mass is 79.9. The normalized spacial score (nSPS) is 12.7. The minimum Gasteiger partial charge on any atom is -0.271 e.